The molecule has 1 saturated heterocycles. The Balaban J connectivity index is 1.78. The van der Waals surface area contributed by atoms with Crippen LogP contribution in [0, 0.1) is 35.0 Å². The lowest BCUT2D eigenvalue weighted by molar-refractivity contribution is -0.170. The standard InChI is InChI=1S/C27H42O5/c1-6-8-18-13-19-10-9-17(3)22(12-11-21-15-20(28)16-24(29)31-21)25(19)23(14-18)32-26(30)27(4,5)7-2/h6,8-10,17-23,25,28H,7,11-16H2,1-5H3/b8-6+/t17-,18-,19?,20+,21+,22-,23-,25?/m0/s1. The van der Waals surface area contributed by atoms with E-state index in [1.807, 2.05) is 20.8 Å². The van der Waals surface area contributed by atoms with Crippen molar-refractivity contribution in [3.05, 3.63) is 24.3 Å². The Kier molecular flexibility index (Phi) is 8.24. The Labute approximate surface area is 193 Å². The highest BCUT2D eigenvalue weighted by atomic mass is 16.6. The molecule has 3 rings (SSSR count). The maximum Gasteiger partial charge on any atom is 0.311 e. The van der Waals surface area contributed by atoms with Gasteiger partial charge in [0.25, 0.3) is 0 Å². The van der Waals surface area contributed by atoms with Gasteiger partial charge in [0.1, 0.15) is 12.2 Å². The lowest BCUT2D eigenvalue weighted by Gasteiger charge is -2.48. The molecule has 0 bridgehead atoms. The van der Waals surface area contributed by atoms with Gasteiger partial charge in [-0.15, -0.1) is 0 Å². The zero-order chi connectivity index (χ0) is 23.5. The van der Waals surface area contributed by atoms with E-state index in [1.165, 1.54) is 0 Å². The molecule has 2 aliphatic carbocycles. The topological polar surface area (TPSA) is 72.8 Å². The second kappa shape index (κ2) is 10.5. The van der Waals surface area contributed by atoms with Crippen LogP contribution in [-0.4, -0.2) is 35.4 Å². The number of ether oxygens (including phenoxy) is 2. The normalized spacial score (nSPS) is 37.8. The maximum absolute atomic E-state index is 13.0. The number of aliphatic hydroxyl groups excluding tert-OH is 1. The Morgan fingerprint density at radius 3 is 2.66 bits per heavy atom. The average Bonchev–Trinajstić information content (AvgIpc) is 2.72. The summed E-state index contributed by atoms with van der Waals surface area (Å²) in [5, 5.41) is 9.97. The molecule has 5 heteroatoms. The molecule has 0 aromatic heterocycles. The molecule has 8 atom stereocenters. The molecule has 1 aliphatic heterocycles. The van der Waals surface area contributed by atoms with E-state index in [-0.39, 0.29) is 36.5 Å². The zero-order valence-electron chi connectivity index (χ0n) is 20.5. The van der Waals surface area contributed by atoms with Crippen LogP contribution >= 0.6 is 0 Å². The number of aliphatic hydroxyl groups is 1. The predicted molar refractivity (Wildman–Crippen MR) is 125 cm³/mol. The van der Waals surface area contributed by atoms with Gasteiger partial charge in [0.2, 0.25) is 0 Å². The number of rotatable bonds is 7. The molecule has 1 heterocycles. The van der Waals surface area contributed by atoms with Crippen LogP contribution in [0.5, 0.6) is 0 Å². The maximum atomic E-state index is 13.0. The minimum absolute atomic E-state index is 0.0986. The summed E-state index contributed by atoms with van der Waals surface area (Å²) in [7, 11) is 0. The zero-order valence-corrected chi connectivity index (χ0v) is 20.5. The van der Waals surface area contributed by atoms with Crippen LogP contribution < -0.4 is 0 Å². The van der Waals surface area contributed by atoms with E-state index in [9.17, 15) is 14.7 Å². The van der Waals surface area contributed by atoms with Gasteiger partial charge >= 0.3 is 11.9 Å². The number of hydrogen-bond donors (Lipinski definition) is 1. The summed E-state index contributed by atoms with van der Waals surface area (Å²) in [6, 6.07) is 0. The Morgan fingerprint density at radius 2 is 2.00 bits per heavy atom. The fourth-order valence-electron chi connectivity index (χ4n) is 5.81. The van der Waals surface area contributed by atoms with Crippen molar-refractivity contribution < 1.29 is 24.2 Å². The first-order valence-corrected chi connectivity index (χ1v) is 12.5. The van der Waals surface area contributed by atoms with E-state index < -0.39 is 11.5 Å². The van der Waals surface area contributed by atoms with Crippen molar-refractivity contribution in [2.75, 3.05) is 0 Å². The van der Waals surface area contributed by atoms with E-state index in [4.69, 9.17) is 9.47 Å². The van der Waals surface area contributed by atoms with Crippen LogP contribution in [0.2, 0.25) is 0 Å². The summed E-state index contributed by atoms with van der Waals surface area (Å²) < 4.78 is 11.8. The summed E-state index contributed by atoms with van der Waals surface area (Å²) in [6.07, 6.45) is 13.1. The van der Waals surface area contributed by atoms with Gasteiger partial charge in [-0.05, 0) is 76.5 Å². The second-order valence-electron chi connectivity index (χ2n) is 10.9. The van der Waals surface area contributed by atoms with Crippen molar-refractivity contribution in [1.29, 1.82) is 0 Å². The van der Waals surface area contributed by atoms with Crippen molar-refractivity contribution in [1.82, 2.24) is 0 Å². The minimum atomic E-state index is -0.598. The van der Waals surface area contributed by atoms with Gasteiger partial charge in [-0.25, -0.2) is 0 Å². The van der Waals surface area contributed by atoms with Gasteiger partial charge in [0, 0.05) is 12.3 Å². The fraction of sp³-hybridized carbons (Fsp3) is 0.778. The van der Waals surface area contributed by atoms with Crippen LogP contribution in [0.15, 0.2) is 24.3 Å². The summed E-state index contributed by atoms with van der Waals surface area (Å²) >= 11 is 0. The molecule has 2 unspecified atom stereocenters. The Bertz CT molecular complexity index is 724. The van der Waals surface area contributed by atoms with Gasteiger partial charge in [0.05, 0.1) is 17.9 Å². The van der Waals surface area contributed by atoms with Crippen LogP contribution in [0.4, 0.5) is 0 Å². The molecule has 2 fully saturated rings. The van der Waals surface area contributed by atoms with Gasteiger partial charge in [-0.2, -0.15) is 0 Å². The second-order valence-corrected chi connectivity index (χ2v) is 10.9. The first kappa shape index (κ1) is 25.0. The van der Waals surface area contributed by atoms with E-state index in [0.717, 1.165) is 32.1 Å². The highest BCUT2D eigenvalue weighted by Gasteiger charge is 2.46. The number of carbonyl (C=O) groups is 2. The van der Waals surface area contributed by atoms with Crippen molar-refractivity contribution in [2.45, 2.75) is 97.9 Å². The van der Waals surface area contributed by atoms with Gasteiger partial charge < -0.3 is 14.6 Å². The molecule has 5 nitrogen and oxygen atoms in total. The summed E-state index contributed by atoms with van der Waals surface area (Å²) in [5.74, 6) is 1.40. The first-order chi connectivity index (χ1) is 15.1. The van der Waals surface area contributed by atoms with E-state index in [2.05, 4.69) is 38.2 Å². The summed E-state index contributed by atoms with van der Waals surface area (Å²) in [5.41, 5.74) is -0.485. The highest BCUT2D eigenvalue weighted by Crippen LogP contribution is 2.48. The summed E-state index contributed by atoms with van der Waals surface area (Å²) in [4.78, 5) is 24.8. The van der Waals surface area contributed by atoms with Gasteiger partial charge in [0.15, 0.2) is 0 Å². The highest BCUT2D eigenvalue weighted by molar-refractivity contribution is 5.76. The minimum Gasteiger partial charge on any atom is -0.462 e. The summed E-state index contributed by atoms with van der Waals surface area (Å²) in [6.45, 7) is 10.2. The van der Waals surface area contributed by atoms with Crippen molar-refractivity contribution in [3.8, 4) is 0 Å². The van der Waals surface area contributed by atoms with Crippen molar-refractivity contribution in [2.24, 2.45) is 35.0 Å². The third-order valence-electron chi connectivity index (χ3n) is 8.08. The Hall–Kier alpha value is -1.62. The lowest BCUT2D eigenvalue weighted by Crippen LogP contribution is -2.47. The molecule has 0 aromatic carbocycles. The van der Waals surface area contributed by atoms with Crippen LogP contribution in [-0.2, 0) is 19.1 Å². The van der Waals surface area contributed by atoms with Crippen LogP contribution in [0.1, 0.15) is 79.6 Å². The quantitative estimate of drug-likeness (QED) is 0.429. The SMILES string of the molecule is C/C=C/[C@H]1CC2C=C[C@H](C)[C@H](CC[C@@H]3C[C@@H](O)CC(=O)O3)C2[C@@H](OC(=O)C(C)(C)CC)C1. The van der Waals surface area contributed by atoms with Crippen LogP contribution in [0.25, 0.3) is 0 Å². The van der Waals surface area contributed by atoms with Gasteiger partial charge in [-0.1, -0.05) is 38.2 Å². The number of allylic oxidation sites excluding steroid dienone is 4. The molecule has 0 amide bonds. The molecule has 180 valence electrons. The Morgan fingerprint density at radius 1 is 1.25 bits per heavy atom. The molecule has 0 spiro atoms. The third kappa shape index (κ3) is 5.84. The largest absolute Gasteiger partial charge is 0.462 e. The number of esters is 2. The van der Waals surface area contributed by atoms with E-state index in [1.54, 1.807) is 0 Å². The van der Waals surface area contributed by atoms with E-state index >= 15 is 0 Å². The third-order valence-corrected chi connectivity index (χ3v) is 8.08. The number of carbonyl (C=O) groups excluding carboxylic acids is 2. The molecule has 0 aromatic rings. The molecule has 1 N–H and O–H groups in total. The van der Waals surface area contributed by atoms with Crippen molar-refractivity contribution >= 4 is 11.9 Å². The van der Waals surface area contributed by atoms with E-state index in [0.29, 0.717) is 30.1 Å². The smallest absolute Gasteiger partial charge is 0.311 e. The monoisotopic (exact) mass is 446 g/mol. The molecule has 1 saturated carbocycles. The predicted octanol–water partition coefficient (Wildman–Crippen LogP) is 5.22. The molecule has 3 aliphatic rings. The average molecular weight is 447 g/mol. The molecular weight excluding hydrogens is 404 g/mol. The van der Waals surface area contributed by atoms with Crippen LogP contribution in [0.3, 0.4) is 0 Å². The number of hydrogen-bond acceptors (Lipinski definition) is 5. The number of fused-ring (bicyclic) bond motifs is 1. The molecular formula is C27H42O5. The number of cyclic esters (lactones) is 1. The van der Waals surface area contributed by atoms with Crippen molar-refractivity contribution in [3.63, 3.8) is 0 Å². The molecule has 32 heavy (non-hydrogen) atoms. The fourth-order valence-corrected chi connectivity index (χ4v) is 5.81. The lowest BCUT2D eigenvalue weighted by atomic mass is 9.60. The van der Waals surface area contributed by atoms with Gasteiger partial charge in [-0.3, -0.25) is 9.59 Å². The molecule has 0 radical (unpaired) electrons. The first-order valence-electron chi connectivity index (χ1n) is 12.5.